The number of fused-ring (bicyclic) bond motifs is 1. The lowest BCUT2D eigenvalue weighted by atomic mass is 9.93. The Morgan fingerprint density at radius 1 is 1.29 bits per heavy atom. The number of carboxylic acid groups (broad SMARTS) is 1. The van der Waals surface area contributed by atoms with Gasteiger partial charge in [0.1, 0.15) is 5.00 Å². The van der Waals surface area contributed by atoms with Crippen LogP contribution in [-0.2, 0) is 27.4 Å². The van der Waals surface area contributed by atoms with E-state index in [0.29, 0.717) is 18.4 Å². The molecule has 4 N–H and O–H groups in total. The largest absolute Gasteiger partial charge is 0.478 e. The van der Waals surface area contributed by atoms with Crippen LogP contribution in [0.2, 0.25) is 0 Å². The number of thiophene rings is 1. The van der Waals surface area contributed by atoms with Crippen molar-refractivity contribution in [1.29, 1.82) is 0 Å². The number of rotatable bonds is 5. The average Bonchev–Trinajstić information content (AvgIpc) is 2.83. The first-order valence-electron chi connectivity index (χ1n) is 7.47. The summed E-state index contributed by atoms with van der Waals surface area (Å²) >= 11 is 1.11. The van der Waals surface area contributed by atoms with Crippen LogP contribution in [0.15, 0.2) is 0 Å². The first kappa shape index (κ1) is 18.4. The number of aliphatic hydroxyl groups excluding tert-OH is 1. The quantitative estimate of drug-likeness (QED) is 0.455. The van der Waals surface area contributed by atoms with Gasteiger partial charge in [0.2, 0.25) is 0 Å². The molecule has 1 aliphatic heterocycles. The minimum Gasteiger partial charge on any atom is -0.478 e. The number of anilines is 1. The second-order valence-electron chi connectivity index (χ2n) is 6.03. The average molecular weight is 356 g/mol. The summed E-state index contributed by atoms with van der Waals surface area (Å²) in [6.45, 7) is 4.07. The first-order chi connectivity index (χ1) is 11.2. The second kappa shape index (κ2) is 7.29. The predicted molar refractivity (Wildman–Crippen MR) is 87.2 cm³/mol. The Balaban J connectivity index is 2.19. The molecule has 0 atom stereocenters. The zero-order chi connectivity index (χ0) is 17.9. The Morgan fingerprint density at radius 3 is 2.62 bits per heavy atom. The molecule has 0 aliphatic carbocycles. The molecule has 132 valence electrons. The van der Waals surface area contributed by atoms with Crippen molar-refractivity contribution in [2.45, 2.75) is 38.9 Å². The molecule has 0 aromatic carbocycles. The molecule has 2 rings (SSSR count). The molecule has 1 aliphatic rings. The van der Waals surface area contributed by atoms with Crippen LogP contribution in [0.25, 0.3) is 0 Å². The summed E-state index contributed by atoms with van der Waals surface area (Å²) in [5.74, 6) is -2.96. The molecule has 1 aromatic rings. The summed E-state index contributed by atoms with van der Waals surface area (Å²) in [7, 11) is 0. The Hall–Kier alpha value is -1.97. The number of hydrogen-bond acceptors (Lipinski definition) is 6. The summed E-state index contributed by atoms with van der Waals surface area (Å²) in [6.07, 6.45) is 0.748. The minimum atomic E-state index is -1.15. The third-order valence-corrected chi connectivity index (χ3v) is 4.68. The lowest BCUT2D eigenvalue weighted by Gasteiger charge is -2.30. The van der Waals surface area contributed by atoms with Crippen molar-refractivity contribution in [3.8, 4) is 0 Å². The standard InChI is InChI=1S/C15H20N2O6S/c1-15(2)6-8-9(7-23-15)24-13(10(8)14(21)22)17-12(20)11(19)16-4-3-5-18/h18H,3-7H2,1-2H3,(H,16,19)(H,17,20)(H,21,22). The highest BCUT2D eigenvalue weighted by Crippen LogP contribution is 2.40. The maximum Gasteiger partial charge on any atom is 0.339 e. The lowest BCUT2D eigenvalue weighted by Crippen LogP contribution is -2.36. The van der Waals surface area contributed by atoms with E-state index in [4.69, 9.17) is 9.84 Å². The number of carbonyl (C=O) groups is 3. The van der Waals surface area contributed by atoms with Gasteiger partial charge in [0.15, 0.2) is 0 Å². The molecular formula is C15H20N2O6S. The number of aromatic carboxylic acids is 1. The topological polar surface area (TPSA) is 125 Å². The van der Waals surface area contributed by atoms with Gasteiger partial charge in [-0.15, -0.1) is 11.3 Å². The van der Waals surface area contributed by atoms with Gasteiger partial charge in [-0.2, -0.15) is 0 Å². The SMILES string of the molecule is CC1(C)Cc2c(sc(NC(=O)C(=O)NCCCO)c2C(=O)O)CO1. The Labute approximate surface area is 142 Å². The highest BCUT2D eigenvalue weighted by molar-refractivity contribution is 7.17. The molecule has 24 heavy (non-hydrogen) atoms. The number of nitrogens with one attached hydrogen (secondary N) is 2. The van der Waals surface area contributed by atoms with Crippen molar-refractivity contribution in [3.63, 3.8) is 0 Å². The van der Waals surface area contributed by atoms with Gasteiger partial charge in [-0.3, -0.25) is 9.59 Å². The maximum atomic E-state index is 11.9. The van der Waals surface area contributed by atoms with Crippen LogP contribution in [0.1, 0.15) is 41.1 Å². The minimum absolute atomic E-state index is 0.0166. The van der Waals surface area contributed by atoms with Crippen LogP contribution in [0.5, 0.6) is 0 Å². The number of carbonyl (C=O) groups excluding carboxylic acids is 2. The summed E-state index contributed by atoms with van der Waals surface area (Å²) in [4.78, 5) is 35.9. The van der Waals surface area contributed by atoms with Crippen molar-refractivity contribution in [3.05, 3.63) is 16.0 Å². The van der Waals surface area contributed by atoms with Crippen molar-refractivity contribution in [1.82, 2.24) is 5.32 Å². The fraction of sp³-hybridized carbons (Fsp3) is 0.533. The summed E-state index contributed by atoms with van der Waals surface area (Å²) in [6, 6.07) is 0. The third kappa shape index (κ3) is 4.11. The molecular weight excluding hydrogens is 336 g/mol. The molecule has 8 nitrogen and oxygen atoms in total. The number of carboxylic acids is 1. The molecule has 9 heteroatoms. The fourth-order valence-electron chi connectivity index (χ4n) is 2.39. The Kier molecular flexibility index (Phi) is 5.58. The lowest BCUT2D eigenvalue weighted by molar-refractivity contribution is -0.136. The second-order valence-corrected chi connectivity index (χ2v) is 7.13. The zero-order valence-corrected chi connectivity index (χ0v) is 14.3. The van der Waals surface area contributed by atoms with Crippen LogP contribution < -0.4 is 10.6 Å². The molecule has 0 saturated carbocycles. The van der Waals surface area contributed by atoms with Crippen molar-refractivity contribution in [2.75, 3.05) is 18.5 Å². The molecule has 0 fully saturated rings. The van der Waals surface area contributed by atoms with Crippen molar-refractivity contribution in [2.24, 2.45) is 0 Å². The molecule has 0 unspecified atom stereocenters. The van der Waals surface area contributed by atoms with Crippen LogP contribution >= 0.6 is 11.3 Å². The van der Waals surface area contributed by atoms with E-state index in [2.05, 4.69) is 10.6 Å². The first-order valence-corrected chi connectivity index (χ1v) is 8.28. The Bertz CT molecular complexity index is 667. The number of hydrogen-bond donors (Lipinski definition) is 4. The van der Waals surface area contributed by atoms with E-state index in [1.165, 1.54) is 0 Å². The van der Waals surface area contributed by atoms with Crippen LogP contribution in [0.3, 0.4) is 0 Å². The predicted octanol–water partition coefficient (Wildman–Crippen LogP) is 0.735. The van der Waals surface area contributed by atoms with E-state index < -0.39 is 23.4 Å². The van der Waals surface area contributed by atoms with Gasteiger partial charge in [-0.25, -0.2) is 4.79 Å². The van der Waals surface area contributed by atoms with Gasteiger partial charge < -0.3 is 25.6 Å². The molecule has 2 heterocycles. The third-order valence-electron chi connectivity index (χ3n) is 3.55. The monoisotopic (exact) mass is 356 g/mol. The van der Waals surface area contributed by atoms with E-state index >= 15 is 0 Å². The molecule has 0 spiro atoms. The summed E-state index contributed by atoms with van der Waals surface area (Å²) in [5.41, 5.74) is 0.170. The van der Waals surface area contributed by atoms with Gasteiger partial charge in [0.25, 0.3) is 0 Å². The smallest absolute Gasteiger partial charge is 0.339 e. The molecule has 0 saturated heterocycles. The van der Waals surface area contributed by atoms with Gasteiger partial charge in [0.05, 0.1) is 17.8 Å². The van der Waals surface area contributed by atoms with Gasteiger partial charge in [-0.1, -0.05) is 0 Å². The van der Waals surface area contributed by atoms with E-state index in [1.807, 2.05) is 13.8 Å². The van der Waals surface area contributed by atoms with Crippen molar-refractivity contribution < 1.29 is 29.3 Å². The molecule has 0 bridgehead atoms. The number of amides is 2. The van der Waals surface area contributed by atoms with Crippen molar-refractivity contribution >= 4 is 34.1 Å². The van der Waals surface area contributed by atoms with Gasteiger partial charge in [0, 0.05) is 24.4 Å². The number of aliphatic hydroxyl groups is 1. The number of ether oxygens (including phenoxy) is 1. The van der Waals surface area contributed by atoms with Crippen LogP contribution in [0, 0.1) is 0 Å². The van der Waals surface area contributed by atoms with Crippen LogP contribution in [0.4, 0.5) is 5.00 Å². The summed E-state index contributed by atoms with van der Waals surface area (Å²) in [5, 5.41) is 23.0. The van der Waals surface area contributed by atoms with E-state index in [1.54, 1.807) is 0 Å². The molecule has 1 aromatic heterocycles. The summed E-state index contributed by atoms with van der Waals surface area (Å²) < 4.78 is 5.66. The molecule has 2 amide bonds. The van der Waals surface area contributed by atoms with E-state index in [9.17, 15) is 19.5 Å². The van der Waals surface area contributed by atoms with Crippen LogP contribution in [-0.4, -0.2) is 46.7 Å². The normalized spacial score (nSPS) is 15.5. The maximum absolute atomic E-state index is 11.9. The highest BCUT2D eigenvalue weighted by Gasteiger charge is 2.34. The zero-order valence-electron chi connectivity index (χ0n) is 13.5. The molecule has 0 radical (unpaired) electrons. The Morgan fingerprint density at radius 2 is 2.00 bits per heavy atom. The van der Waals surface area contributed by atoms with Gasteiger partial charge in [-0.05, 0) is 25.8 Å². The fourth-order valence-corrected chi connectivity index (χ4v) is 3.51. The van der Waals surface area contributed by atoms with Gasteiger partial charge >= 0.3 is 17.8 Å². The highest BCUT2D eigenvalue weighted by atomic mass is 32.1. The van der Waals surface area contributed by atoms with E-state index in [-0.39, 0.29) is 30.3 Å². The van der Waals surface area contributed by atoms with E-state index in [0.717, 1.165) is 16.2 Å².